The topological polar surface area (TPSA) is 56.1 Å². The van der Waals surface area contributed by atoms with Crippen molar-refractivity contribution >= 4 is 17.3 Å². The number of anilines is 2. The summed E-state index contributed by atoms with van der Waals surface area (Å²) in [4.78, 5) is 15.4. The number of carbonyl (C=O) groups excluding carboxylic acids is 1. The Labute approximate surface area is 224 Å². The molecule has 38 heavy (non-hydrogen) atoms. The van der Waals surface area contributed by atoms with Crippen LogP contribution in [-0.4, -0.2) is 18.5 Å². The summed E-state index contributed by atoms with van der Waals surface area (Å²) in [5.74, 6) is -1.01. The smallest absolute Gasteiger partial charge is 0.228 e. The van der Waals surface area contributed by atoms with Gasteiger partial charge in [-0.1, -0.05) is 62.9 Å². The third-order valence-electron chi connectivity index (χ3n) is 7.12. The highest BCUT2D eigenvalue weighted by molar-refractivity contribution is 5.97. The highest BCUT2D eigenvalue weighted by atomic mass is 19.1. The van der Waals surface area contributed by atoms with E-state index in [1.807, 2.05) is 37.3 Å². The minimum absolute atomic E-state index is 0.0866. The van der Waals surface area contributed by atoms with Crippen molar-refractivity contribution in [2.24, 2.45) is 5.92 Å². The Morgan fingerprint density at radius 1 is 1.03 bits per heavy atom. The molecule has 0 atom stereocenters. The Morgan fingerprint density at radius 3 is 2.39 bits per heavy atom. The van der Waals surface area contributed by atoms with Crippen molar-refractivity contribution in [2.75, 3.05) is 16.8 Å². The first-order valence-corrected chi connectivity index (χ1v) is 13.4. The second kappa shape index (κ2) is 12.2. The number of hydrogen-bond acceptors (Lipinski definition) is 3. The van der Waals surface area contributed by atoms with Gasteiger partial charge in [0.2, 0.25) is 5.91 Å². The van der Waals surface area contributed by atoms with Gasteiger partial charge in [0.1, 0.15) is 11.6 Å². The van der Waals surface area contributed by atoms with Crippen molar-refractivity contribution in [1.82, 2.24) is 0 Å². The van der Waals surface area contributed by atoms with Gasteiger partial charge in [0.15, 0.2) is 0 Å². The minimum Gasteiger partial charge on any atom is -0.367 e. The molecule has 0 radical (unpaired) electrons. The van der Waals surface area contributed by atoms with Crippen LogP contribution in [-0.2, 0) is 11.2 Å². The molecule has 6 heteroatoms. The molecule has 1 aliphatic carbocycles. The predicted molar refractivity (Wildman–Crippen MR) is 149 cm³/mol. The summed E-state index contributed by atoms with van der Waals surface area (Å²) in [5, 5.41) is 12.6. The molecule has 1 fully saturated rings. The van der Waals surface area contributed by atoms with Crippen LogP contribution in [0.2, 0.25) is 0 Å². The molecule has 0 aromatic heterocycles. The van der Waals surface area contributed by atoms with Crippen LogP contribution in [0.15, 0.2) is 54.6 Å². The first-order chi connectivity index (χ1) is 18.2. The molecule has 1 aliphatic rings. The van der Waals surface area contributed by atoms with Gasteiger partial charge in [-0.3, -0.25) is 4.79 Å². The van der Waals surface area contributed by atoms with E-state index in [9.17, 15) is 14.4 Å². The van der Waals surface area contributed by atoms with Crippen LogP contribution in [0.1, 0.15) is 62.6 Å². The second-order valence-electron chi connectivity index (χ2n) is 10.7. The zero-order valence-corrected chi connectivity index (χ0v) is 22.4. The van der Waals surface area contributed by atoms with Crippen LogP contribution >= 0.6 is 0 Å². The third-order valence-corrected chi connectivity index (χ3v) is 7.12. The number of nitrogens with zero attached hydrogens (tertiary/aromatic N) is 2. The van der Waals surface area contributed by atoms with Crippen molar-refractivity contribution in [1.29, 1.82) is 5.26 Å². The van der Waals surface area contributed by atoms with E-state index in [0.29, 0.717) is 23.8 Å². The molecule has 3 aromatic carbocycles. The highest BCUT2D eigenvalue weighted by Gasteiger charge is 2.27. The van der Waals surface area contributed by atoms with Crippen molar-refractivity contribution in [3.63, 3.8) is 0 Å². The highest BCUT2D eigenvalue weighted by Crippen LogP contribution is 2.39. The van der Waals surface area contributed by atoms with E-state index in [4.69, 9.17) is 0 Å². The van der Waals surface area contributed by atoms with Gasteiger partial charge in [0.05, 0.1) is 29.4 Å². The van der Waals surface area contributed by atoms with Crippen molar-refractivity contribution < 1.29 is 13.6 Å². The largest absolute Gasteiger partial charge is 0.367 e. The van der Waals surface area contributed by atoms with E-state index in [1.54, 1.807) is 6.07 Å². The summed E-state index contributed by atoms with van der Waals surface area (Å²) in [6.07, 6.45) is 5.61. The summed E-state index contributed by atoms with van der Waals surface area (Å²) < 4.78 is 29.9. The van der Waals surface area contributed by atoms with Crippen LogP contribution in [0.25, 0.3) is 11.1 Å². The summed E-state index contributed by atoms with van der Waals surface area (Å²) in [6.45, 7) is 6.96. The van der Waals surface area contributed by atoms with Gasteiger partial charge in [-0.25, -0.2) is 8.78 Å². The molecular weight excluding hydrogens is 480 g/mol. The number of rotatable bonds is 8. The van der Waals surface area contributed by atoms with Crippen LogP contribution in [0.3, 0.4) is 0 Å². The first-order valence-electron chi connectivity index (χ1n) is 13.4. The lowest BCUT2D eigenvalue weighted by Gasteiger charge is -2.38. The molecule has 3 aromatic rings. The standard InChI is InChI=1S/C32H35F2N3O/c1-21(2)20-37(26-7-5-4-6-8-26)31-18-29(34)28(27-16-25(33)14-13-24(27)19-35)17-30(31)36-32(38)15-23-11-9-22(3)10-12-23/h9-14,16-18,21,26H,4-8,15,20H2,1-3H3,(H,36,38). The van der Waals surface area contributed by atoms with Crippen LogP contribution < -0.4 is 10.2 Å². The zero-order valence-electron chi connectivity index (χ0n) is 22.4. The lowest BCUT2D eigenvalue weighted by molar-refractivity contribution is -0.115. The molecule has 198 valence electrons. The zero-order chi connectivity index (χ0) is 27.2. The number of amides is 1. The van der Waals surface area contributed by atoms with Gasteiger partial charge in [0.25, 0.3) is 0 Å². The Hall–Kier alpha value is -3.72. The van der Waals surface area contributed by atoms with Crippen molar-refractivity contribution in [2.45, 2.75) is 65.3 Å². The molecule has 0 saturated heterocycles. The normalized spacial score (nSPS) is 13.8. The van der Waals surface area contributed by atoms with E-state index in [0.717, 1.165) is 36.8 Å². The molecule has 0 spiro atoms. The maximum atomic E-state index is 15.8. The number of hydrogen-bond donors (Lipinski definition) is 1. The van der Waals surface area contributed by atoms with E-state index < -0.39 is 11.6 Å². The van der Waals surface area contributed by atoms with Gasteiger partial charge in [-0.2, -0.15) is 5.26 Å². The van der Waals surface area contributed by atoms with Gasteiger partial charge < -0.3 is 10.2 Å². The van der Waals surface area contributed by atoms with Gasteiger partial charge in [-0.05, 0) is 61.6 Å². The Balaban J connectivity index is 1.80. The number of carbonyl (C=O) groups is 1. The lowest BCUT2D eigenvalue weighted by Crippen LogP contribution is -2.40. The summed E-state index contributed by atoms with van der Waals surface area (Å²) >= 11 is 0. The molecule has 4 nitrogen and oxygen atoms in total. The first kappa shape index (κ1) is 27.3. The van der Waals surface area contributed by atoms with Crippen molar-refractivity contribution in [3.8, 4) is 17.2 Å². The second-order valence-corrected chi connectivity index (χ2v) is 10.7. The van der Waals surface area contributed by atoms with Crippen LogP contribution in [0.5, 0.6) is 0 Å². The monoisotopic (exact) mass is 515 g/mol. The summed E-state index contributed by atoms with van der Waals surface area (Å²) in [6, 6.07) is 16.7. The number of benzene rings is 3. The van der Waals surface area contributed by atoms with Crippen LogP contribution in [0, 0.1) is 35.8 Å². The lowest BCUT2D eigenvalue weighted by atomic mass is 9.92. The molecular formula is C32H35F2N3O. The number of aryl methyl sites for hydroxylation is 1. The minimum atomic E-state index is -0.559. The summed E-state index contributed by atoms with van der Waals surface area (Å²) in [7, 11) is 0. The summed E-state index contributed by atoms with van der Waals surface area (Å²) in [5.41, 5.74) is 3.50. The third kappa shape index (κ3) is 6.58. The maximum absolute atomic E-state index is 15.8. The molecule has 1 saturated carbocycles. The Kier molecular flexibility index (Phi) is 8.78. The van der Waals surface area contributed by atoms with E-state index in [1.165, 1.54) is 30.7 Å². The molecule has 1 N–H and O–H groups in total. The van der Waals surface area contributed by atoms with Gasteiger partial charge >= 0.3 is 0 Å². The fourth-order valence-corrected chi connectivity index (χ4v) is 5.26. The average Bonchev–Trinajstić information content (AvgIpc) is 2.90. The fraction of sp³-hybridized carbons (Fsp3) is 0.375. The molecule has 4 rings (SSSR count). The Bertz CT molecular complexity index is 1320. The van der Waals surface area contributed by atoms with Gasteiger partial charge in [0, 0.05) is 23.7 Å². The molecule has 0 unspecified atom stereocenters. The number of nitrogens with one attached hydrogen (secondary N) is 1. The average molecular weight is 516 g/mol. The van der Waals surface area contributed by atoms with Crippen LogP contribution in [0.4, 0.5) is 20.2 Å². The number of nitriles is 1. The predicted octanol–water partition coefficient (Wildman–Crippen LogP) is 7.79. The van der Waals surface area contributed by atoms with E-state index in [2.05, 4.69) is 24.1 Å². The molecule has 1 amide bonds. The molecule has 0 aliphatic heterocycles. The molecule has 0 bridgehead atoms. The molecule has 0 heterocycles. The van der Waals surface area contributed by atoms with E-state index in [-0.39, 0.29) is 35.1 Å². The van der Waals surface area contributed by atoms with Gasteiger partial charge in [-0.15, -0.1) is 0 Å². The number of halogens is 2. The van der Waals surface area contributed by atoms with Crippen molar-refractivity contribution in [3.05, 3.63) is 82.9 Å². The quantitative estimate of drug-likeness (QED) is 0.333. The SMILES string of the molecule is Cc1ccc(CC(=O)Nc2cc(-c3cc(F)ccc3C#N)c(F)cc2N(CC(C)C)C2CCCCC2)cc1. The Morgan fingerprint density at radius 2 is 1.74 bits per heavy atom. The maximum Gasteiger partial charge on any atom is 0.228 e. The van der Waals surface area contributed by atoms with E-state index >= 15 is 4.39 Å². The fourth-order valence-electron chi connectivity index (χ4n) is 5.26.